The van der Waals surface area contributed by atoms with Crippen molar-refractivity contribution in [1.29, 1.82) is 0 Å². The molecule has 0 aliphatic rings. The first-order valence-electron chi connectivity index (χ1n) is 9.38. The van der Waals surface area contributed by atoms with Gasteiger partial charge < -0.3 is 14.8 Å². The molecule has 0 radical (unpaired) electrons. The number of benzene rings is 2. The third kappa shape index (κ3) is 5.22. The fourth-order valence-electron chi connectivity index (χ4n) is 2.75. The minimum Gasteiger partial charge on any atom is -0.494 e. The molecule has 1 amide bonds. The lowest BCUT2D eigenvalue weighted by Gasteiger charge is -2.11. The predicted molar refractivity (Wildman–Crippen MR) is 110 cm³/mol. The first kappa shape index (κ1) is 20.1. The van der Waals surface area contributed by atoms with Crippen molar-refractivity contribution >= 4 is 5.91 Å². The number of rotatable bonds is 8. The zero-order chi connectivity index (χ0) is 20.6. The van der Waals surface area contributed by atoms with Crippen LogP contribution in [0.4, 0.5) is 0 Å². The van der Waals surface area contributed by atoms with Crippen LogP contribution in [0, 0.1) is 6.92 Å². The van der Waals surface area contributed by atoms with Gasteiger partial charge in [0.15, 0.2) is 5.69 Å². The molecule has 0 unspecified atom stereocenters. The van der Waals surface area contributed by atoms with E-state index in [-0.39, 0.29) is 18.8 Å². The summed E-state index contributed by atoms with van der Waals surface area (Å²) in [6.07, 6.45) is 0. The Labute approximate surface area is 168 Å². The lowest BCUT2D eigenvalue weighted by Crippen LogP contribution is -2.34. The summed E-state index contributed by atoms with van der Waals surface area (Å²) < 4.78 is 12.5. The molecular formula is C22H23N3O4. The summed E-state index contributed by atoms with van der Waals surface area (Å²) in [7, 11) is 0. The molecule has 0 bridgehead atoms. The van der Waals surface area contributed by atoms with Crippen molar-refractivity contribution in [3.63, 3.8) is 0 Å². The Kier molecular flexibility index (Phi) is 6.63. The maximum Gasteiger partial charge on any atom is 0.275 e. The van der Waals surface area contributed by atoms with Gasteiger partial charge in [-0.15, -0.1) is 0 Å². The molecule has 150 valence electrons. The highest BCUT2D eigenvalue weighted by molar-refractivity contribution is 5.92. The van der Waals surface area contributed by atoms with E-state index in [0.717, 1.165) is 11.4 Å². The van der Waals surface area contributed by atoms with Crippen molar-refractivity contribution in [3.05, 3.63) is 82.3 Å². The summed E-state index contributed by atoms with van der Waals surface area (Å²) >= 11 is 0. The predicted octanol–water partition coefficient (Wildman–Crippen LogP) is 2.75. The molecule has 3 rings (SSSR count). The number of nitrogens with one attached hydrogen (secondary N) is 1. The van der Waals surface area contributed by atoms with E-state index >= 15 is 0 Å². The lowest BCUT2D eigenvalue weighted by molar-refractivity contribution is 0.0939. The standard InChI is InChI=1S/C22H23N3O4/c1-3-28-18-9-11-19(12-10-18)29-14-13-23-22(27)21-20(26)15-16(2)25(24-21)17-7-5-4-6-8-17/h4-12,15H,3,13-14H2,1-2H3,(H,23,27). The minimum atomic E-state index is -0.532. The average Bonchev–Trinajstić information content (AvgIpc) is 2.73. The van der Waals surface area contributed by atoms with Crippen molar-refractivity contribution in [3.8, 4) is 17.2 Å². The molecule has 0 spiro atoms. The maximum atomic E-state index is 12.4. The molecule has 3 aromatic rings. The van der Waals surface area contributed by atoms with Gasteiger partial charge in [-0.2, -0.15) is 5.10 Å². The fourth-order valence-corrected chi connectivity index (χ4v) is 2.75. The number of aryl methyl sites for hydroxylation is 1. The Morgan fingerprint density at radius 1 is 1.03 bits per heavy atom. The minimum absolute atomic E-state index is 0.152. The first-order valence-corrected chi connectivity index (χ1v) is 9.38. The Morgan fingerprint density at radius 3 is 2.34 bits per heavy atom. The summed E-state index contributed by atoms with van der Waals surface area (Å²) in [5.74, 6) is 0.908. The maximum absolute atomic E-state index is 12.4. The van der Waals surface area contributed by atoms with Crippen molar-refractivity contribution in [2.45, 2.75) is 13.8 Å². The van der Waals surface area contributed by atoms with E-state index in [1.165, 1.54) is 6.07 Å². The fraction of sp³-hybridized carbons (Fsp3) is 0.227. The Balaban J connectivity index is 1.60. The molecule has 1 N–H and O–H groups in total. The second kappa shape index (κ2) is 9.54. The van der Waals surface area contributed by atoms with Crippen LogP contribution in [-0.4, -0.2) is 35.4 Å². The van der Waals surface area contributed by atoms with Gasteiger partial charge in [0.05, 0.1) is 18.8 Å². The summed E-state index contributed by atoms with van der Waals surface area (Å²) in [4.78, 5) is 24.7. The van der Waals surface area contributed by atoms with Crippen LogP contribution in [0.15, 0.2) is 65.5 Å². The average molecular weight is 393 g/mol. The van der Waals surface area contributed by atoms with Crippen molar-refractivity contribution in [1.82, 2.24) is 15.1 Å². The summed E-state index contributed by atoms with van der Waals surface area (Å²) in [5.41, 5.74) is 0.856. The number of hydrogen-bond donors (Lipinski definition) is 1. The van der Waals surface area contributed by atoms with E-state index in [1.54, 1.807) is 23.7 Å². The number of para-hydroxylation sites is 1. The Bertz CT molecular complexity index is 1010. The molecule has 1 heterocycles. The highest BCUT2D eigenvalue weighted by atomic mass is 16.5. The van der Waals surface area contributed by atoms with Gasteiger partial charge in [-0.1, -0.05) is 18.2 Å². The molecule has 1 aromatic heterocycles. The number of amides is 1. The highest BCUT2D eigenvalue weighted by Crippen LogP contribution is 2.17. The van der Waals surface area contributed by atoms with Gasteiger partial charge >= 0.3 is 0 Å². The lowest BCUT2D eigenvalue weighted by atomic mass is 10.2. The second-order valence-corrected chi connectivity index (χ2v) is 6.25. The van der Waals surface area contributed by atoms with Gasteiger partial charge in [-0.3, -0.25) is 9.59 Å². The zero-order valence-corrected chi connectivity index (χ0v) is 16.4. The van der Waals surface area contributed by atoms with Crippen LogP contribution >= 0.6 is 0 Å². The van der Waals surface area contributed by atoms with Crippen molar-refractivity contribution < 1.29 is 14.3 Å². The van der Waals surface area contributed by atoms with Crippen LogP contribution in [0.25, 0.3) is 5.69 Å². The van der Waals surface area contributed by atoms with Crippen LogP contribution < -0.4 is 20.2 Å². The van der Waals surface area contributed by atoms with Gasteiger partial charge in [0.2, 0.25) is 5.43 Å². The van der Waals surface area contributed by atoms with Gasteiger partial charge in [-0.25, -0.2) is 4.68 Å². The number of hydrogen-bond acceptors (Lipinski definition) is 5. The number of ether oxygens (including phenoxy) is 2. The van der Waals surface area contributed by atoms with Crippen LogP contribution in [0.2, 0.25) is 0 Å². The summed E-state index contributed by atoms with van der Waals surface area (Å²) in [5, 5.41) is 6.92. The first-order chi connectivity index (χ1) is 14.1. The van der Waals surface area contributed by atoms with E-state index in [2.05, 4.69) is 10.4 Å². The van der Waals surface area contributed by atoms with Crippen LogP contribution in [0.1, 0.15) is 23.1 Å². The van der Waals surface area contributed by atoms with Gasteiger partial charge in [0, 0.05) is 11.8 Å². The highest BCUT2D eigenvalue weighted by Gasteiger charge is 2.15. The molecule has 7 nitrogen and oxygen atoms in total. The molecule has 0 aliphatic carbocycles. The number of nitrogens with zero attached hydrogens (tertiary/aromatic N) is 2. The van der Waals surface area contributed by atoms with E-state index in [0.29, 0.717) is 18.1 Å². The number of carbonyl (C=O) groups is 1. The van der Waals surface area contributed by atoms with E-state index in [4.69, 9.17) is 9.47 Å². The molecule has 0 aliphatic heterocycles. The van der Waals surface area contributed by atoms with E-state index in [9.17, 15) is 9.59 Å². The van der Waals surface area contributed by atoms with E-state index in [1.807, 2.05) is 49.4 Å². The normalized spacial score (nSPS) is 10.4. The molecule has 2 aromatic carbocycles. The molecule has 0 atom stereocenters. The van der Waals surface area contributed by atoms with Crippen LogP contribution in [-0.2, 0) is 0 Å². The topological polar surface area (TPSA) is 82.4 Å². The third-order valence-electron chi connectivity index (χ3n) is 4.11. The summed E-state index contributed by atoms with van der Waals surface area (Å²) in [6, 6.07) is 18.0. The number of carbonyl (C=O) groups excluding carboxylic acids is 1. The largest absolute Gasteiger partial charge is 0.494 e. The molecule has 29 heavy (non-hydrogen) atoms. The van der Waals surface area contributed by atoms with Gasteiger partial charge in [0.25, 0.3) is 5.91 Å². The van der Waals surface area contributed by atoms with Crippen molar-refractivity contribution in [2.75, 3.05) is 19.8 Å². The molecule has 0 saturated heterocycles. The van der Waals surface area contributed by atoms with Crippen molar-refractivity contribution in [2.24, 2.45) is 0 Å². The molecular weight excluding hydrogens is 370 g/mol. The summed E-state index contributed by atoms with van der Waals surface area (Å²) in [6.45, 7) is 4.80. The van der Waals surface area contributed by atoms with Gasteiger partial charge in [-0.05, 0) is 50.2 Å². The van der Waals surface area contributed by atoms with Crippen LogP contribution in [0.5, 0.6) is 11.5 Å². The van der Waals surface area contributed by atoms with Crippen LogP contribution in [0.3, 0.4) is 0 Å². The zero-order valence-electron chi connectivity index (χ0n) is 16.4. The number of aromatic nitrogens is 2. The molecule has 0 saturated carbocycles. The Morgan fingerprint density at radius 2 is 1.69 bits per heavy atom. The molecule has 7 heteroatoms. The third-order valence-corrected chi connectivity index (χ3v) is 4.11. The SMILES string of the molecule is CCOc1ccc(OCCNC(=O)c2nn(-c3ccccc3)c(C)cc2=O)cc1. The quantitative estimate of drug-likeness (QED) is 0.595. The van der Waals surface area contributed by atoms with E-state index < -0.39 is 11.3 Å². The smallest absolute Gasteiger partial charge is 0.275 e. The monoisotopic (exact) mass is 393 g/mol. The second-order valence-electron chi connectivity index (χ2n) is 6.25. The molecule has 0 fully saturated rings. The van der Waals surface area contributed by atoms with Gasteiger partial charge in [0.1, 0.15) is 18.1 Å². The Hall–Kier alpha value is -3.61.